The number of benzene rings is 1. The summed E-state index contributed by atoms with van der Waals surface area (Å²) in [5.41, 5.74) is 1.11. The minimum Gasteiger partial charge on any atom is -0.313 e. The van der Waals surface area contributed by atoms with Crippen LogP contribution in [0.15, 0.2) is 24.3 Å². The Morgan fingerprint density at radius 1 is 1.14 bits per heavy atom. The zero-order valence-corrected chi connectivity index (χ0v) is 8.86. The second-order valence-electron chi connectivity index (χ2n) is 3.20. The van der Waals surface area contributed by atoms with E-state index in [0.717, 1.165) is 37.4 Å². The first-order valence-corrected chi connectivity index (χ1v) is 5.37. The molecule has 0 saturated carbocycles. The third-order valence-corrected chi connectivity index (χ3v) is 2.25. The van der Waals surface area contributed by atoms with Crippen molar-refractivity contribution < 1.29 is 4.39 Å². The van der Waals surface area contributed by atoms with Crippen molar-refractivity contribution >= 4 is 11.6 Å². The SMILES string of the molecule is Fc1ccc(CNCCCCCl)cc1. The fourth-order valence-electron chi connectivity index (χ4n) is 1.18. The second kappa shape index (κ2) is 6.80. The Kier molecular flexibility index (Phi) is 5.57. The second-order valence-corrected chi connectivity index (χ2v) is 3.58. The number of hydrogen-bond acceptors (Lipinski definition) is 1. The van der Waals surface area contributed by atoms with E-state index < -0.39 is 0 Å². The predicted molar refractivity (Wildman–Crippen MR) is 58.1 cm³/mol. The van der Waals surface area contributed by atoms with E-state index in [1.165, 1.54) is 12.1 Å². The van der Waals surface area contributed by atoms with Crippen LogP contribution in [0, 0.1) is 5.82 Å². The topological polar surface area (TPSA) is 12.0 Å². The quantitative estimate of drug-likeness (QED) is 0.569. The van der Waals surface area contributed by atoms with Crippen molar-refractivity contribution in [2.45, 2.75) is 19.4 Å². The van der Waals surface area contributed by atoms with Crippen LogP contribution in [-0.2, 0) is 6.54 Å². The molecule has 0 aliphatic rings. The standard InChI is InChI=1S/C11H15ClFN/c12-7-1-2-8-14-9-10-3-5-11(13)6-4-10/h3-6,14H,1-2,7-9H2. The van der Waals surface area contributed by atoms with E-state index in [1.54, 1.807) is 12.1 Å². The van der Waals surface area contributed by atoms with Gasteiger partial charge in [-0.15, -0.1) is 11.6 Å². The monoisotopic (exact) mass is 215 g/mol. The third-order valence-electron chi connectivity index (χ3n) is 1.98. The van der Waals surface area contributed by atoms with Crippen LogP contribution in [0.2, 0.25) is 0 Å². The summed E-state index contributed by atoms with van der Waals surface area (Å²) in [5.74, 6) is 0.536. The normalized spacial score (nSPS) is 10.4. The van der Waals surface area contributed by atoms with Gasteiger partial charge in [0.2, 0.25) is 0 Å². The zero-order valence-electron chi connectivity index (χ0n) is 8.10. The molecule has 1 nitrogen and oxygen atoms in total. The van der Waals surface area contributed by atoms with Crippen molar-refractivity contribution in [3.63, 3.8) is 0 Å². The van der Waals surface area contributed by atoms with Crippen molar-refractivity contribution in [3.8, 4) is 0 Å². The maximum Gasteiger partial charge on any atom is 0.123 e. The maximum absolute atomic E-state index is 12.5. The molecule has 1 rings (SSSR count). The first kappa shape index (κ1) is 11.5. The van der Waals surface area contributed by atoms with Gasteiger partial charge in [-0.05, 0) is 37.1 Å². The molecule has 0 aliphatic carbocycles. The van der Waals surface area contributed by atoms with E-state index in [-0.39, 0.29) is 5.82 Å². The van der Waals surface area contributed by atoms with Crippen LogP contribution >= 0.6 is 11.6 Å². The summed E-state index contributed by atoms with van der Waals surface area (Å²) in [6.07, 6.45) is 2.13. The van der Waals surface area contributed by atoms with E-state index in [2.05, 4.69) is 5.32 Å². The third kappa shape index (κ3) is 4.58. The summed E-state index contributed by atoms with van der Waals surface area (Å²) in [7, 11) is 0. The first-order valence-electron chi connectivity index (χ1n) is 4.84. The first-order chi connectivity index (χ1) is 6.83. The van der Waals surface area contributed by atoms with Crippen LogP contribution < -0.4 is 5.32 Å². The van der Waals surface area contributed by atoms with E-state index in [9.17, 15) is 4.39 Å². The average Bonchev–Trinajstić information content (AvgIpc) is 2.21. The van der Waals surface area contributed by atoms with Gasteiger partial charge in [0.05, 0.1) is 0 Å². The molecule has 0 radical (unpaired) electrons. The highest BCUT2D eigenvalue weighted by molar-refractivity contribution is 6.17. The van der Waals surface area contributed by atoms with Gasteiger partial charge in [0.15, 0.2) is 0 Å². The summed E-state index contributed by atoms with van der Waals surface area (Å²) < 4.78 is 12.5. The molecule has 0 aliphatic heterocycles. The Bertz CT molecular complexity index is 248. The summed E-state index contributed by atoms with van der Waals surface area (Å²) in [5, 5.41) is 3.27. The van der Waals surface area contributed by atoms with E-state index in [0.29, 0.717) is 0 Å². The number of unbranched alkanes of at least 4 members (excludes halogenated alkanes) is 1. The van der Waals surface area contributed by atoms with Crippen LogP contribution in [0.25, 0.3) is 0 Å². The Balaban J connectivity index is 2.15. The Hall–Kier alpha value is -0.600. The number of rotatable bonds is 6. The average molecular weight is 216 g/mol. The molecular formula is C11H15ClFN. The molecule has 3 heteroatoms. The van der Waals surface area contributed by atoms with Crippen LogP contribution in [-0.4, -0.2) is 12.4 Å². The number of nitrogens with one attached hydrogen (secondary N) is 1. The summed E-state index contributed by atoms with van der Waals surface area (Å²) in [4.78, 5) is 0. The minimum absolute atomic E-state index is 0.184. The van der Waals surface area contributed by atoms with Gasteiger partial charge in [0, 0.05) is 12.4 Å². The van der Waals surface area contributed by atoms with E-state index in [1.807, 2.05) is 0 Å². The minimum atomic E-state index is -0.184. The van der Waals surface area contributed by atoms with Crippen molar-refractivity contribution in [3.05, 3.63) is 35.6 Å². The van der Waals surface area contributed by atoms with Gasteiger partial charge in [0.1, 0.15) is 5.82 Å². The largest absolute Gasteiger partial charge is 0.313 e. The molecule has 0 atom stereocenters. The number of halogens is 2. The van der Waals surface area contributed by atoms with Gasteiger partial charge >= 0.3 is 0 Å². The van der Waals surface area contributed by atoms with Gasteiger partial charge in [-0.1, -0.05) is 12.1 Å². The van der Waals surface area contributed by atoms with Gasteiger partial charge in [-0.25, -0.2) is 4.39 Å². The van der Waals surface area contributed by atoms with Crippen LogP contribution in [0.4, 0.5) is 4.39 Å². The summed E-state index contributed by atoms with van der Waals surface area (Å²) in [6.45, 7) is 1.76. The summed E-state index contributed by atoms with van der Waals surface area (Å²) in [6, 6.07) is 6.55. The molecule has 1 aromatic carbocycles. The lowest BCUT2D eigenvalue weighted by atomic mass is 10.2. The van der Waals surface area contributed by atoms with Crippen LogP contribution in [0.3, 0.4) is 0 Å². The van der Waals surface area contributed by atoms with Gasteiger partial charge < -0.3 is 5.32 Å². The highest BCUT2D eigenvalue weighted by atomic mass is 35.5. The zero-order chi connectivity index (χ0) is 10.2. The molecule has 0 spiro atoms. The number of hydrogen-bond donors (Lipinski definition) is 1. The van der Waals surface area contributed by atoms with Crippen LogP contribution in [0.1, 0.15) is 18.4 Å². The summed E-state index contributed by atoms with van der Waals surface area (Å²) >= 11 is 5.55. The predicted octanol–water partition coefficient (Wildman–Crippen LogP) is 2.93. The highest BCUT2D eigenvalue weighted by Gasteiger charge is 1.93. The molecule has 0 amide bonds. The molecule has 0 heterocycles. The van der Waals surface area contributed by atoms with Gasteiger partial charge in [0.25, 0.3) is 0 Å². The molecule has 14 heavy (non-hydrogen) atoms. The van der Waals surface area contributed by atoms with Crippen molar-refractivity contribution in [1.29, 1.82) is 0 Å². The molecule has 0 bridgehead atoms. The van der Waals surface area contributed by atoms with E-state index in [4.69, 9.17) is 11.6 Å². The fraction of sp³-hybridized carbons (Fsp3) is 0.455. The van der Waals surface area contributed by atoms with Crippen molar-refractivity contribution in [2.75, 3.05) is 12.4 Å². The fourth-order valence-corrected chi connectivity index (χ4v) is 1.37. The lowest BCUT2D eigenvalue weighted by molar-refractivity contribution is 0.621. The smallest absolute Gasteiger partial charge is 0.123 e. The molecule has 78 valence electrons. The van der Waals surface area contributed by atoms with Crippen molar-refractivity contribution in [2.24, 2.45) is 0 Å². The molecular weight excluding hydrogens is 201 g/mol. The number of alkyl halides is 1. The Morgan fingerprint density at radius 3 is 2.50 bits per heavy atom. The molecule has 0 fully saturated rings. The van der Waals surface area contributed by atoms with Crippen molar-refractivity contribution in [1.82, 2.24) is 5.32 Å². The Morgan fingerprint density at radius 2 is 1.86 bits per heavy atom. The molecule has 0 saturated heterocycles. The Labute approximate surface area is 89.3 Å². The lowest BCUT2D eigenvalue weighted by Crippen LogP contribution is -2.14. The highest BCUT2D eigenvalue weighted by Crippen LogP contribution is 2.02. The van der Waals surface area contributed by atoms with Gasteiger partial charge in [-0.3, -0.25) is 0 Å². The molecule has 1 N–H and O–H groups in total. The maximum atomic E-state index is 12.5. The lowest BCUT2D eigenvalue weighted by Gasteiger charge is -2.03. The van der Waals surface area contributed by atoms with Gasteiger partial charge in [-0.2, -0.15) is 0 Å². The van der Waals surface area contributed by atoms with E-state index >= 15 is 0 Å². The molecule has 0 unspecified atom stereocenters. The molecule has 1 aromatic rings. The van der Waals surface area contributed by atoms with Crippen LogP contribution in [0.5, 0.6) is 0 Å². The molecule has 0 aromatic heterocycles.